The summed E-state index contributed by atoms with van der Waals surface area (Å²) in [5, 5.41) is 0. The Morgan fingerprint density at radius 1 is 1.36 bits per heavy atom. The molecular weight excluding hydrogens is 168 g/mol. The van der Waals surface area contributed by atoms with E-state index < -0.39 is 0 Å². The lowest BCUT2D eigenvalue weighted by atomic mass is 9.86. The lowest BCUT2D eigenvalue weighted by molar-refractivity contribution is 0.685. The van der Waals surface area contributed by atoms with E-state index in [-0.39, 0.29) is 0 Å². The second-order valence-electron chi connectivity index (χ2n) is 4.04. The molecule has 1 aromatic rings. The molecule has 0 bridgehead atoms. The van der Waals surface area contributed by atoms with Gasteiger partial charge in [-0.25, -0.2) is 0 Å². The molecule has 0 saturated carbocycles. The van der Waals surface area contributed by atoms with Crippen molar-refractivity contribution in [3.8, 4) is 0 Å². The van der Waals surface area contributed by atoms with Crippen molar-refractivity contribution < 1.29 is 0 Å². The van der Waals surface area contributed by atoms with Crippen LogP contribution in [0.1, 0.15) is 43.7 Å². The predicted molar refractivity (Wildman–Crippen MR) is 63.6 cm³/mol. The Bertz CT molecular complexity index is 310. The van der Waals surface area contributed by atoms with E-state index in [1.807, 2.05) is 0 Å². The molecule has 0 aliphatic rings. The van der Waals surface area contributed by atoms with E-state index in [9.17, 15) is 0 Å². The van der Waals surface area contributed by atoms with Gasteiger partial charge >= 0.3 is 0 Å². The van der Waals surface area contributed by atoms with Crippen LogP contribution in [-0.4, -0.2) is 0 Å². The number of allylic oxidation sites excluding steroid dienone is 1. The van der Waals surface area contributed by atoms with Gasteiger partial charge in [0.15, 0.2) is 0 Å². The van der Waals surface area contributed by atoms with Crippen LogP contribution in [0.25, 0.3) is 0 Å². The van der Waals surface area contributed by atoms with Gasteiger partial charge in [-0.2, -0.15) is 0 Å². The van der Waals surface area contributed by atoms with Crippen LogP contribution >= 0.6 is 0 Å². The highest BCUT2D eigenvalue weighted by molar-refractivity contribution is 5.33. The van der Waals surface area contributed by atoms with Crippen molar-refractivity contribution in [3.05, 3.63) is 47.5 Å². The van der Waals surface area contributed by atoms with E-state index in [2.05, 4.69) is 51.6 Å². The molecule has 0 fully saturated rings. The van der Waals surface area contributed by atoms with Gasteiger partial charge in [0.25, 0.3) is 0 Å². The zero-order valence-corrected chi connectivity index (χ0v) is 9.51. The second-order valence-corrected chi connectivity index (χ2v) is 4.04. The molecule has 0 amide bonds. The summed E-state index contributed by atoms with van der Waals surface area (Å²) in [4.78, 5) is 0. The van der Waals surface area contributed by atoms with Crippen LogP contribution < -0.4 is 0 Å². The highest BCUT2D eigenvalue weighted by Gasteiger charge is 2.12. The van der Waals surface area contributed by atoms with Gasteiger partial charge in [-0.3, -0.25) is 0 Å². The maximum Gasteiger partial charge on any atom is 0.00452 e. The Balaban J connectivity index is 2.99. The molecular formula is C14H20. The molecule has 0 nitrogen and oxygen atoms in total. The fourth-order valence-corrected chi connectivity index (χ4v) is 1.93. The van der Waals surface area contributed by atoms with Gasteiger partial charge in [0.2, 0.25) is 0 Å². The lowest BCUT2D eigenvalue weighted by Crippen LogP contribution is -2.01. The number of hydrogen-bond acceptors (Lipinski definition) is 0. The van der Waals surface area contributed by atoms with E-state index in [1.165, 1.54) is 29.5 Å². The Kier molecular flexibility index (Phi) is 3.94. The van der Waals surface area contributed by atoms with Crippen LogP contribution in [0.15, 0.2) is 36.4 Å². The average Bonchev–Trinajstić information content (AvgIpc) is 2.15. The number of hydrogen-bond donors (Lipinski definition) is 0. The summed E-state index contributed by atoms with van der Waals surface area (Å²) >= 11 is 0. The summed E-state index contributed by atoms with van der Waals surface area (Å²) in [6.45, 7) is 10.6. The van der Waals surface area contributed by atoms with Gasteiger partial charge in [-0.1, -0.05) is 49.8 Å². The molecule has 1 aromatic carbocycles. The topological polar surface area (TPSA) is 0 Å². The first-order valence-electron chi connectivity index (χ1n) is 5.37. The van der Waals surface area contributed by atoms with E-state index in [4.69, 9.17) is 0 Å². The highest BCUT2D eigenvalue weighted by Crippen LogP contribution is 2.29. The van der Waals surface area contributed by atoms with Crippen LogP contribution in [0.4, 0.5) is 0 Å². The third-order valence-electron chi connectivity index (χ3n) is 2.74. The molecule has 76 valence electrons. The summed E-state index contributed by atoms with van der Waals surface area (Å²) in [6, 6.07) is 8.62. The predicted octanol–water partition coefficient (Wildman–Crippen LogP) is 4.45. The third-order valence-corrected chi connectivity index (χ3v) is 2.74. The SMILES string of the molecule is C=C(C)C(CCC)c1ccccc1C. The summed E-state index contributed by atoms with van der Waals surface area (Å²) in [5.41, 5.74) is 4.11. The van der Waals surface area contributed by atoms with Crippen molar-refractivity contribution in [2.45, 2.75) is 39.5 Å². The minimum absolute atomic E-state index is 0.543. The Morgan fingerprint density at radius 2 is 2.00 bits per heavy atom. The Morgan fingerprint density at radius 3 is 2.50 bits per heavy atom. The lowest BCUT2D eigenvalue weighted by Gasteiger charge is -2.18. The fraction of sp³-hybridized carbons (Fsp3) is 0.429. The van der Waals surface area contributed by atoms with Crippen molar-refractivity contribution in [1.82, 2.24) is 0 Å². The van der Waals surface area contributed by atoms with E-state index in [1.54, 1.807) is 0 Å². The number of aryl methyl sites for hydroxylation is 1. The van der Waals surface area contributed by atoms with Gasteiger partial charge < -0.3 is 0 Å². The molecule has 1 unspecified atom stereocenters. The van der Waals surface area contributed by atoms with E-state index in [0.717, 1.165) is 0 Å². The van der Waals surface area contributed by atoms with E-state index >= 15 is 0 Å². The molecule has 1 atom stereocenters. The molecule has 0 aromatic heterocycles. The average molecular weight is 188 g/mol. The minimum atomic E-state index is 0.543. The molecule has 0 spiro atoms. The van der Waals surface area contributed by atoms with Crippen molar-refractivity contribution >= 4 is 0 Å². The molecule has 0 heteroatoms. The van der Waals surface area contributed by atoms with Crippen molar-refractivity contribution in [3.63, 3.8) is 0 Å². The second kappa shape index (κ2) is 4.99. The minimum Gasteiger partial charge on any atom is -0.0995 e. The summed E-state index contributed by atoms with van der Waals surface area (Å²) < 4.78 is 0. The van der Waals surface area contributed by atoms with Gasteiger partial charge in [-0.15, -0.1) is 0 Å². The molecule has 0 aliphatic heterocycles. The summed E-state index contributed by atoms with van der Waals surface area (Å²) in [6.07, 6.45) is 2.42. The highest BCUT2D eigenvalue weighted by atomic mass is 14.2. The summed E-state index contributed by atoms with van der Waals surface area (Å²) in [7, 11) is 0. The zero-order chi connectivity index (χ0) is 10.6. The first kappa shape index (κ1) is 11.0. The zero-order valence-electron chi connectivity index (χ0n) is 9.51. The van der Waals surface area contributed by atoms with Crippen LogP contribution in [-0.2, 0) is 0 Å². The monoisotopic (exact) mass is 188 g/mol. The van der Waals surface area contributed by atoms with Crippen LogP contribution in [0, 0.1) is 6.92 Å². The smallest absolute Gasteiger partial charge is 0.00452 e. The molecule has 0 radical (unpaired) electrons. The van der Waals surface area contributed by atoms with Crippen LogP contribution in [0.3, 0.4) is 0 Å². The van der Waals surface area contributed by atoms with E-state index in [0.29, 0.717) is 5.92 Å². The van der Waals surface area contributed by atoms with Crippen molar-refractivity contribution in [1.29, 1.82) is 0 Å². The maximum absolute atomic E-state index is 4.09. The van der Waals surface area contributed by atoms with Gasteiger partial charge in [0.1, 0.15) is 0 Å². The van der Waals surface area contributed by atoms with Gasteiger partial charge in [-0.05, 0) is 31.4 Å². The normalized spacial score (nSPS) is 12.5. The molecule has 0 N–H and O–H groups in total. The van der Waals surface area contributed by atoms with Crippen molar-refractivity contribution in [2.75, 3.05) is 0 Å². The maximum atomic E-state index is 4.09. The Labute approximate surface area is 87.7 Å². The van der Waals surface area contributed by atoms with Gasteiger partial charge in [0.05, 0.1) is 0 Å². The number of benzene rings is 1. The Hall–Kier alpha value is -1.04. The van der Waals surface area contributed by atoms with Gasteiger partial charge in [0, 0.05) is 5.92 Å². The first-order valence-corrected chi connectivity index (χ1v) is 5.37. The third kappa shape index (κ3) is 2.47. The molecule has 1 rings (SSSR count). The largest absolute Gasteiger partial charge is 0.0995 e. The summed E-state index contributed by atoms with van der Waals surface area (Å²) in [5.74, 6) is 0.543. The quantitative estimate of drug-likeness (QED) is 0.612. The first-order chi connectivity index (χ1) is 6.66. The van der Waals surface area contributed by atoms with Crippen LogP contribution in [0.5, 0.6) is 0 Å². The standard InChI is InChI=1S/C14H20/c1-5-8-13(11(2)3)14-10-7-6-9-12(14)4/h6-7,9-10,13H,2,5,8H2,1,3-4H3. The molecule has 14 heavy (non-hydrogen) atoms. The number of rotatable bonds is 4. The molecule has 0 heterocycles. The fourth-order valence-electron chi connectivity index (χ4n) is 1.93. The van der Waals surface area contributed by atoms with Crippen LogP contribution in [0.2, 0.25) is 0 Å². The molecule has 0 aliphatic carbocycles. The molecule has 0 saturated heterocycles. The van der Waals surface area contributed by atoms with Crippen molar-refractivity contribution in [2.24, 2.45) is 0 Å².